The molecule has 19 heavy (non-hydrogen) atoms. The van der Waals surface area contributed by atoms with Crippen LogP contribution in [0.1, 0.15) is 12.8 Å². The number of benzene rings is 1. The molecule has 1 fully saturated rings. The highest BCUT2D eigenvalue weighted by Gasteiger charge is 2.36. The molecule has 0 aliphatic carbocycles. The van der Waals surface area contributed by atoms with E-state index in [0.29, 0.717) is 18.9 Å². The van der Waals surface area contributed by atoms with E-state index >= 15 is 0 Å². The van der Waals surface area contributed by atoms with Gasteiger partial charge in [0, 0.05) is 25.2 Å². The predicted octanol–water partition coefficient (Wildman–Crippen LogP) is 1.22. The van der Waals surface area contributed by atoms with Gasteiger partial charge in [0.05, 0.1) is 0 Å². The molecule has 1 aromatic carbocycles. The third kappa shape index (κ3) is 2.47. The van der Waals surface area contributed by atoms with Gasteiger partial charge < -0.3 is 5.73 Å². The molecule has 1 aliphatic heterocycles. The Kier molecular flexibility index (Phi) is 3.84. The third-order valence-corrected chi connectivity index (χ3v) is 5.12. The van der Waals surface area contributed by atoms with Crippen LogP contribution in [-0.2, 0) is 10.0 Å². The van der Waals surface area contributed by atoms with E-state index in [1.165, 1.54) is 0 Å². The molecule has 1 aliphatic rings. The molecular formula is C11H13F3N2O2S. The zero-order chi connectivity index (χ0) is 14.2. The third-order valence-electron chi connectivity index (χ3n) is 3.16. The van der Waals surface area contributed by atoms with Crippen LogP contribution in [-0.4, -0.2) is 31.9 Å². The SMILES string of the molecule is NCC1CCCN1S(=O)(=O)c1cc(F)c(F)cc1F. The molecule has 0 amide bonds. The van der Waals surface area contributed by atoms with Crippen LogP contribution in [0.4, 0.5) is 13.2 Å². The molecule has 2 N–H and O–H groups in total. The van der Waals surface area contributed by atoms with E-state index < -0.39 is 38.4 Å². The molecule has 8 heteroatoms. The Morgan fingerprint density at radius 1 is 1.21 bits per heavy atom. The van der Waals surface area contributed by atoms with E-state index in [9.17, 15) is 21.6 Å². The fraction of sp³-hybridized carbons (Fsp3) is 0.455. The standard InChI is InChI=1S/C11H13F3N2O2S/c12-8-4-10(14)11(5-9(8)13)19(17,18)16-3-1-2-7(16)6-15/h4-5,7H,1-3,6,15H2. The monoisotopic (exact) mass is 294 g/mol. The minimum Gasteiger partial charge on any atom is -0.329 e. The Morgan fingerprint density at radius 2 is 1.84 bits per heavy atom. The van der Waals surface area contributed by atoms with Crippen LogP contribution in [0.5, 0.6) is 0 Å². The van der Waals surface area contributed by atoms with Crippen molar-refractivity contribution in [3.05, 3.63) is 29.6 Å². The second-order valence-electron chi connectivity index (χ2n) is 4.34. The molecule has 0 bridgehead atoms. The molecule has 0 aromatic heterocycles. The van der Waals surface area contributed by atoms with Crippen molar-refractivity contribution in [1.82, 2.24) is 4.31 Å². The Bertz CT molecular complexity index is 592. The first kappa shape index (κ1) is 14.3. The molecule has 1 unspecified atom stereocenters. The molecule has 2 rings (SSSR count). The lowest BCUT2D eigenvalue weighted by Gasteiger charge is -2.23. The maximum absolute atomic E-state index is 13.6. The molecule has 0 saturated carbocycles. The quantitative estimate of drug-likeness (QED) is 0.852. The van der Waals surface area contributed by atoms with Crippen molar-refractivity contribution in [2.24, 2.45) is 5.73 Å². The highest BCUT2D eigenvalue weighted by molar-refractivity contribution is 7.89. The summed E-state index contributed by atoms with van der Waals surface area (Å²) in [5, 5.41) is 0. The van der Waals surface area contributed by atoms with Crippen LogP contribution in [0.2, 0.25) is 0 Å². The summed E-state index contributed by atoms with van der Waals surface area (Å²) in [6, 6.07) is 0.166. The maximum Gasteiger partial charge on any atom is 0.246 e. The average Bonchev–Trinajstić information content (AvgIpc) is 2.82. The number of nitrogens with zero attached hydrogens (tertiary/aromatic N) is 1. The van der Waals surface area contributed by atoms with E-state index in [-0.39, 0.29) is 19.2 Å². The number of nitrogens with two attached hydrogens (primary N) is 1. The lowest BCUT2D eigenvalue weighted by atomic mass is 10.2. The van der Waals surface area contributed by atoms with Crippen LogP contribution < -0.4 is 5.73 Å². The van der Waals surface area contributed by atoms with Gasteiger partial charge in [-0.25, -0.2) is 21.6 Å². The number of sulfonamides is 1. The summed E-state index contributed by atoms with van der Waals surface area (Å²) in [7, 11) is -4.20. The van der Waals surface area contributed by atoms with Crippen molar-refractivity contribution in [1.29, 1.82) is 0 Å². The summed E-state index contributed by atoms with van der Waals surface area (Å²) in [5.74, 6) is -4.13. The van der Waals surface area contributed by atoms with Crippen molar-refractivity contribution in [3.8, 4) is 0 Å². The summed E-state index contributed by atoms with van der Waals surface area (Å²) in [6.45, 7) is 0.299. The minimum atomic E-state index is -4.20. The number of hydrogen-bond donors (Lipinski definition) is 1. The smallest absolute Gasteiger partial charge is 0.246 e. The van der Waals surface area contributed by atoms with Gasteiger partial charge in [-0.05, 0) is 18.9 Å². The summed E-state index contributed by atoms with van der Waals surface area (Å²) < 4.78 is 65.0. The number of hydrogen-bond acceptors (Lipinski definition) is 3. The molecule has 4 nitrogen and oxygen atoms in total. The zero-order valence-corrected chi connectivity index (χ0v) is 10.8. The summed E-state index contributed by atoms with van der Waals surface area (Å²) in [5.41, 5.74) is 5.46. The lowest BCUT2D eigenvalue weighted by molar-refractivity contribution is 0.388. The molecular weight excluding hydrogens is 281 g/mol. The highest BCUT2D eigenvalue weighted by atomic mass is 32.2. The van der Waals surface area contributed by atoms with Crippen molar-refractivity contribution < 1.29 is 21.6 Å². The van der Waals surface area contributed by atoms with Crippen LogP contribution in [0.15, 0.2) is 17.0 Å². The Morgan fingerprint density at radius 3 is 2.47 bits per heavy atom. The van der Waals surface area contributed by atoms with Gasteiger partial charge in [-0.15, -0.1) is 0 Å². The summed E-state index contributed by atoms with van der Waals surface area (Å²) >= 11 is 0. The Hall–Kier alpha value is -1.12. The van der Waals surface area contributed by atoms with E-state index in [2.05, 4.69) is 0 Å². The molecule has 1 heterocycles. The van der Waals surface area contributed by atoms with Gasteiger partial charge in [0.1, 0.15) is 10.7 Å². The van der Waals surface area contributed by atoms with Gasteiger partial charge in [-0.1, -0.05) is 0 Å². The molecule has 1 atom stereocenters. The van der Waals surface area contributed by atoms with Crippen molar-refractivity contribution >= 4 is 10.0 Å². The summed E-state index contributed by atoms with van der Waals surface area (Å²) in [6.07, 6.45) is 1.17. The fourth-order valence-corrected chi connectivity index (χ4v) is 3.95. The molecule has 1 saturated heterocycles. The molecule has 106 valence electrons. The van der Waals surface area contributed by atoms with Gasteiger partial charge >= 0.3 is 0 Å². The van der Waals surface area contributed by atoms with Crippen molar-refractivity contribution in [3.63, 3.8) is 0 Å². The van der Waals surface area contributed by atoms with Gasteiger partial charge in [0.15, 0.2) is 11.6 Å². The van der Waals surface area contributed by atoms with Crippen LogP contribution in [0, 0.1) is 17.5 Å². The van der Waals surface area contributed by atoms with Gasteiger partial charge in [0.25, 0.3) is 0 Å². The van der Waals surface area contributed by atoms with Crippen LogP contribution >= 0.6 is 0 Å². The predicted molar refractivity (Wildman–Crippen MR) is 62.3 cm³/mol. The van der Waals surface area contributed by atoms with E-state index in [4.69, 9.17) is 5.73 Å². The van der Waals surface area contributed by atoms with Crippen molar-refractivity contribution in [2.75, 3.05) is 13.1 Å². The van der Waals surface area contributed by atoms with Gasteiger partial charge in [-0.2, -0.15) is 4.31 Å². The second-order valence-corrected chi connectivity index (χ2v) is 6.20. The van der Waals surface area contributed by atoms with E-state index in [1.807, 2.05) is 0 Å². The van der Waals surface area contributed by atoms with Crippen molar-refractivity contribution in [2.45, 2.75) is 23.8 Å². The van der Waals surface area contributed by atoms with E-state index in [1.54, 1.807) is 0 Å². The van der Waals surface area contributed by atoms with E-state index in [0.717, 1.165) is 4.31 Å². The first-order chi connectivity index (χ1) is 8.87. The van der Waals surface area contributed by atoms with Crippen LogP contribution in [0.25, 0.3) is 0 Å². The molecule has 1 aromatic rings. The highest BCUT2D eigenvalue weighted by Crippen LogP contribution is 2.28. The molecule has 0 radical (unpaired) electrons. The van der Waals surface area contributed by atoms with Gasteiger partial charge in [-0.3, -0.25) is 0 Å². The zero-order valence-electron chi connectivity index (χ0n) is 9.94. The minimum absolute atomic E-state index is 0.102. The maximum atomic E-state index is 13.6. The average molecular weight is 294 g/mol. The Labute approximate surface area is 109 Å². The second kappa shape index (κ2) is 5.10. The van der Waals surface area contributed by atoms with Crippen LogP contribution in [0.3, 0.4) is 0 Å². The topological polar surface area (TPSA) is 63.4 Å². The summed E-state index contributed by atoms with van der Waals surface area (Å²) in [4.78, 5) is -0.855. The molecule has 0 spiro atoms. The van der Waals surface area contributed by atoms with Gasteiger partial charge in [0.2, 0.25) is 10.0 Å². The number of rotatable bonds is 3. The fourth-order valence-electron chi connectivity index (χ4n) is 2.19. The number of halogens is 3. The normalized spacial score (nSPS) is 20.9. The lowest BCUT2D eigenvalue weighted by Crippen LogP contribution is -2.40. The Balaban J connectivity index is 2.48. The first-order valence-electron chi connectivity index (χ1n) is 5.74. The first-order valence-corrected chi connectivity index (χ1v) is 7.18. The largest absolute Gasteiger partial charge is 0.329 e.